The molecule has 0 unspecified atom stereocenters. The molecule has 0 aromatic carbocycles. The zero-order valence-electron chi connectivity index (χ0n) is 5.84. The number of hydrogen-bond donors (Lipinski definition) is 1. The van der Waals surface area contributed by atoms with Gasteiger partial charge in [0.2, 0.25) is 0 Å². The van der Waals surface area contributed by atoms with E-state index in [0.29, 0.717) is 18.4 Å². The lowest BCUT2D eigenvalue weighted by molar-refractivity contribution is 0.177. The molecule has 1 fully saturated rings. The van der Waals surface area contributed by atoms with Gasteiger partial charge >= 0.3 is 0 Å². The Hall–Kier alpha value is -0.0400. The Morgan fingerprint density at radius 1 is 1.22 bits per heavy atom. The third-order valence-corrected chi connectivity index (χ3v) is 2.22. The molecule has 1 heteroatoms. The zero-order valence-corrected chi connectivity index (χ0v) is 5.84. The van der Waals surface area contributed by atoms with Crippen LogP contribution in [-0.4, -0.2) is 11.7 Å². The lowest BCUT2D eigenvalue weighted by Gasteiger charge is -2.23. The van der Waals surface area contributed by atoms with E-state index in [4.69, 9.17) is 5.11 Å². The van der Waals surface area contributed by atoms with E-state index in [1.807, 2.05) is 0 Å². The van der Waals surface area contributed by atoms with E-state index in [1.54, 1.807) is 0 Å². The topological polar surface area (TPSA) is 20.2 Å². The van der Waals surface area contributed by atoms with Gasteiger partial charge in [-0.05, 0) is 24.7 Å². The third kappa shape index (κ3) is 1.98. The van der Waals surface area contributed by atoms with Gasteiger partial charge in [-0.3, -0.25) is 0 Å². The minimum absolute atomic E-state index is 0.382. The largest absolute Gasteiger partial charge is 0.396 e. The first-order valence-electron chi connectivity index (χ1n) is 3.77. The summed E-state index contributed by atoms with van der Waals surface area (Å²) in [4.78, 5) is 0. The molecule has 0 amide bonds. The van der Waals surface area contributed by atoms with Gasteiger partial charge in [0.25, 0.3) is 0 Å². The molecular formula is C8H15O. The van der Waals surface area contributed by atoms with Crippen molar-refractivity contribution in [1.29, 1.82) is 0 Å². The molecule has 0 bridgehead atoms. The highest BCUT2D eigenvalue weighted by molar-refractivity contribution is 4.72. The van der Waals surface area contributed by atoms with Crippen LogP contribution in [0, 0.1) is 18.8 Å². The lowest BCUT2D eigenvalue weighted by Crippen LogP contribution is -2.15. The SMILES string of the molecule is [CH2][C@H]1CC[C@H](CO)CC1. The summed E-state index contributed by atoms with van der Waals surface area (Å²) in [6.45, 7) is 4.37. The Balaban J connectivity index is 2.18. The van der Waals surface area contributed by atoms with Crippen molar-refractivity contribution in [3.05, 3.63) is 6.92 Å². The van der Waals surface area contributed by atoms with Crippen LogP contribution in [0.25, 0.3) is 0 Å². The standard InChI is InChI=1S/C8H15O/c1-7-2-4-8(6-9)5-3-7/h7-9H,1-6H2/t7-,8-. The normalized spacial score (nSPS) is 36.7. The number of aliphatic hydroxyl groups is 1. The van der Waals surface area contributed by atoms with Gasteiger partial charge in [0.15, 0.2) is 0 Å². The van der Waals surface area contributed by atoms with Crippen molar-refractivity contribution in [1.82, 2.24) is 0 Å². The van der Waals surface area contributed by atoms with Gasteiger partial charge in [-0.1, -0.05) is 19.8 Å². The van der Waals surface area contributed by atoms with Gasteiger partial charge in [-0.15, -0.1) is 0 Å². The fourth-order valence-corrected chi connectivity index (χ4v) is 1.41. The second kappa shape index (κ2) is 3.21. The monoisotopic (exact) mass is 127 g/mol. The summed E-state index contributed by atoms with van der Waals surface area (Å²) >= 11 is 0. The van der Waals surface area contributed by atoms with Crippen LogP contribution in [0.1, 0.15) is 25.7 Å². The molecule has 0 aliphatic heterocycles. The molecule has 1 rings (SSSR count). The maximum atomic E-state index is 8.76. The van der Waals surface area contributed by atoms with Crippen LogP contribution in [0.5, 0.6) is 0 Å². The molecule has 1 saturated carbocycles. The van der Waals surface area contributed by atoms with Crippen molar-refractivity contribution >= 4 is 0 Å². The van der Waals surface area contributed by atoms with Gasteiger partial charge in [0, 0.05) is 6.61 Å². The van der Waals surface area contributed by atoms with Gasteiger partial charge in [-0.25, -0.2) is 0 Å². The highest BCUT2D eigenvalue weighted by Gasteiger charge is 2.16. The molecule has 0 spiro atoms. The second-order valence-corrected chi connectivity index (χ2v) is 3.07. The van der Waals surface area contributed by atoms with Gasteiger partial charge in [0.05, 0.1) is 0 Å². The molecule has 53 valence electrons. The van der Waals surface area contributed by atoms with Crippen molar-refractivity contribution in [2.45, 2.75) is 25.7 Å². The van der Waals surface area contributed by atoms with E-state index in [0.717, 1.165) is 0 Å². The molecule has 0 aromatic heterocycles. The molecule has 1 nitrogen and oxygen atoms in total. The Labute approximate surface area is 57.1 Å². The predicted octanol–water partition coefficient (Wildman–Crippen LogP) is 1.62. The Kier molecular flexibility index (Phi) is 2.52. The van der Waals surface area contributed by atoms with Gasteiger partial charge in [0.1, 0.15) is 0 Å². The summed E-state index contributed by atoms with van der Waals surface area (Å²) < 4.78 is 0. The van der Waals surface area contributed by atoms with Crippen molar-refractivity contribution in [2.75, 3.05) is 6.61 Å². The molecule has 0 atom stereocenters. The molecule has 0 saturated heterocycles. The summed E-state index contributed by atoms with van der Waals surface area (Å²) in [6.07, 6.45) is 4.80. The van der Waals surface area contributed by atoms with E-state index in [2.05, 4.69) is 6.92 Å². The minimum atomic E-state index is 0.382. The molecule has 1 aliphatic carbocycles. The maximum Gasteiger partial charge on any atom is 0.0459 e. The summed E-state index contributed by atoms with van der Waals surface area (Å²) in [7, 11) is 0. The van der Waals surface area contributed by atoms with E-state index in [1.165, 1.54) is 25.7 Å². The second-order valence-electron chi connectivity index (χ2n) is 3.07. The Morgan fingerprint density at radius 3 is 2.22 bits per heavy atom. The van der Waals surface area contributed by atoms with Crippen molar-refractivity contribution in [2.24, 2.45) is 11.8 Å². The molecule has 1 aliphatic rings. The first-order valence-corrected chi connectivity index (χ1v) is 3.77. The van der Waals surface area contributed by atoms with Crippen LogP contribution in [-0.2, 0) is 0 Å². The molecule has 9 heavy (non-hydrogen) atoms. The molecule has 1 radical (unpaired) electrons. The predicted molar refractivity (Wildman–Crippen MR) is 37.9 cm³/mol. The Morgan fingerprint density at radius 2 is 1.78 bits per heavy atom. The van der Waals surface area contributed by atoms with Crippen molar-refractivity contribution in [3.63, 3.8) is 0 Å². The van der Waals surface area contributed by atoms with Crippen LogP contribution in [0.3, 0.4) is 0 Å². The molecule has 1 N–H and O–H groups in total. The van der Waals surface area contributed by atoms with Gasteiger partial charge in [-0.2, -0.15) is 0 Å². The lowest BCUT2D eigenvalue weighted by atomic mass is 9.84. The average Bonchev–Trinajstić information content (AvgIpc) is 1.90. The van der Waals surface area contributed by atoms with E-state index < -0.39 is 0 Å². The first kappa shape index (κ1) is 7.07. The molecule has 0 heterocycles. The summed E-state index contributed by atoms with van der Waals surface area (Å²) in [5.41, 5.74) is 0. The smallest absolute Gasteiger partial charge is 0.0459 e. The van der Waals surface area contributed by atoms with E-state index in [-0.39, 0.29) is 0 Å². The summed E-state index contributed by atoms with van der Waals surface area (Å²) in [6, 6.07) is 0. The van der Waals surface area contributed by atoms with Crippen LogP contribution >= 0.6 is 0 Å². The number of rotatable bonds is 1. The maximum absolute atomic E-state index is 8.76. The number of aliphatic hydroxyl groups excluding tert-OH is 1. The van der Waals surface area contributed by atoms with E-state index >= 15 is 0 Å². The zero-order chi connectivity index (χ0) is 6.69. The number of hydrogen-bond acceptors (Lipinski definition) is 1. The first-order chi connectivity index (χ1) is 4.33. The molecular weight excluding hydrogens is 112 g/mol. The third-order valence-electron chi connectivity index (χ3n) is 2.22. The highest BCUT2D eigenvalue weighted by Crippen LogP contribution is 2.27. The Bertz CT molecular complexity index is 72.6. The van der Waals surface area contributed by atoms with Crippen LogP contribution < -0.4 is 0 Å². The van der Waals surface area contributed by atoms with E-state index in [9.17, 15) is 0 Å². The van der Waals surface area contributed by atoms with Crippen molar-refractivity contribution in [3.8, 4) is 0 Å². The highest BCUT2D eigenvalue weighted by atomic mass is 16.3. The van der Waals surface area contributed by atoms with Crippen LogP contribution in [0.15, 0.2) is 0 Å². The fourth-order valence-electron chi connectivity index (χ4n) is 1.41. The summed E-state index contributed by atoms with van der Waals surface area (Å²) in [5, 5.41) is 8.76. The van der Waals surface area contributed by atoms with Gasteiger partial charge < -0.3 is 5.11 Å². The minimum Gasteiger partial charge on any atom is -0.396 e. The van der Waals surface area contributed by atoms with Crippen LogP contribution in [0.4, 0.5) is 0 Å². The summed E-state index contributed by atoms with van der Waals surface area (Å²) in [5.74, 6) is 1.25. The average molecular weight is 127 g/mol. The molecule has 0 aromatic rings. The van der Waals surface area contributed by atoms with Crippen molar-refractivity contribution < 1.29 is 5.11 Å². The quantitative estimate of drug-likeness (QED) is 0.567. The fraction of sp³-hybridized carbons (Fsp3) is 0.875. The van der Waals surface area contributed by atoms with Crippen LogP contribution in [0.2, 0.25) is 0 Å².